The third-order valence-corrected chi connectivity index (χ3v) is 6.01. The highest BCUT2D eigenvalue weighted by atomic mass is 32.2. The van der Waals surface area contributed by atoms with Crippen LogP contribution in [0.3, 0.4) is 0 Å². The van der Waals surface area contributed by atoms with Gasteiger partial charge in [-0.25, -0.2) is 0 Å². The second-order valence-electron chi connectivity index (χ2n) is 7.40. The van der Waals surface area contributed by atoms with Crippen LogP contribution < -0.4 is 20.9 Å². The van der Waals surface area contributed by atoms with Gasteiger partial charge in [-0.1, -0.05) is 48.5 Å². The Kier molecular flexibility index (Phi) is 8.49. The van der Waals surface area contributed by atoms with Crippen molar-refractivity contribution < 1.29 is 14.4 Å². The van der Waals surface area contributed by atoms with E-state index in [1.807, 2.05) is 60.7 Å². The first-order chi connectivity index (χ1) is 15.0. The molecule has 8 heteroatoms. The molecule has 0 aliphatic carbocycles. The summed E-state index contributed by atoms with van der Waals surface area (Å²) < 4.78 is 0. The average Bonchev–Trinajstić information content (AvgIpc) is 2.78. The molecule has 1 fully saturated rings. The predicted molar refractivity (Wildman–Crippen MR) is 124 cm³/mol. The molecule has 7 nitrogen and oxygen atoms in total. The fraction of sp³-hybridized carbons (Fsp3) is 0.348. The molecule has 2 aromatic rings. The minimum absolute atomic E-state index is 0.0620. The third-order valence-electron chi connectivity index (χ3n) is 5.01. The van der Waals surface area contributed by atoms with Crippen molar-refractivity contribution in [2.45, 2.75) is 30.8 Å². The summed E-state index contributed by atoms with van der Waals surface area (Å²) in [5.74, 6) is -0.0683. The van der Waals surface area contributed by atoms with Gasteiger partial charge < -0.3 is 15.5 Å². The Morgan fingerprint density at radius 1 is 1.10 bits per heavy atom. The van der Waals surface area contributed by atoms with Gasteiger partial charge in [-0.2, -0.15) is 0 Å². The quantitative estimate of drug-likeness (QED) is 0.554. The van der Waals surface area contributed by atoms with Crippen LogP contribution in [0.4, 0.5) is 5.69 Å². The van der Waals surface area contributed by atoms with Crippen molar-refractivity contribution in [1.29, 1.82) is 0 Å². The normalized spacial score (nSPS) is 18.2. The topological polar surface area (TPSA) is 90.5 Å². The van der Waals surface area contributed by atoms with E-state index in [-0.39, 0.29) is 42.4 Å². The molecule has 0 saturated carbocycles. The Morgan fingerprint density at radius 3 is 2.48 bits per heavy atom. The number of para-hydroxylation sites is 1. The maximum Gasteiger partial charge on any atom is 0.236 e. The molecule has 0 spiro atoms. The lowest BCUT2D eigenvalue weighted by molar-refractivity contribution is -0.125. The van der Waals surface area contributed by atoms with Gasteiger partial charge >= 0.3 is 0 Å². The van der Waals surface area contributed by atoms with Gasteiger partial charge in [0.05, 0.1) is 5.75 Å². The molecule has 1 aliphatic rings. The van der Waals surface area contributed by atoms with Crippen molar-refractivity contribution in [3.63, 3.8) is 0 Å². The first kappa shape index (κ1) is 22.8. The molecule has 2 unspecified atom stereocenters. The molecule has 1 heterocycles. The summed E-state index contributed by atoms with van der Waals surface area (Å²) in [5, 5.41) is 9.00. The van der Waals surface area contributed by atoms with E-state index in [2.05, 4.69) is 16.0 Å². The molecule has 31 heavy (non-hydrogen) atoms. The molecule has 1 aliphatic heterocycles. The van der Waals surface area contributed by atoms with E-state index < -0.39 is 5.50 Å². The minimum atomic E-state index is -0.406. The standard InChI is InChI=1S/C23H28N4O3S/c1-27(19-10-6-3-7-11-19)22(30)16-31-23-25-18(15-21(29)26-23)14-20(28)24-13-12-17-8-4-2-5-9-17/h2-11,18,23,25H,12-16H2,1H3,(H,24,28)(H,26,29). The number of hydrogen-bond acceptors (Lipinski definition) is 5. The monoisotopic (exact) mass is 440 g/mol. The number of benzene rings is 2. The highest BCUT2D eigenvalue weighted by molar-refractivity contribution is 8.00. The number of thioether (sulfide) groups is 1. The molecule has 3 amide bonds. The molecule has 2 aromatic carbocycles. The number of amides is 3. The van der Waals surface area contributed by atoms with Gasteiger partial charge in [0.2, 0.25) is 17.7 Å². The highest BCUT2D eigenvalue weighted by Crippen LogP contribution is 2.17. The zero-order chi connectivity index (χ0) is 22.1. The number of carbonyl (C=O) groups excluding carboxylic acids is 3. The van der Waals surface area contributed by atoms with Gasteiger partial charge in [0, 0.05) is 38.2 Å². The van der Waals surface area contributed by atoms with E-state index in [0.29, 0.717) is 6.54 Å². The number of nitrogens with one attached hydrogen (secondary N) is 3. The third kappa shape index (κ3) is 7.41. The van der Waals surface area contributed by atoms with Crippen molar-refractivity contribution in [2.75, 3.05) is 24.2 Å². The van der Waals surface area contributed by atoms with Gasteiger partial charge in [-0.15, -0.1) is 11.8 Å². The summed E-state index contributed by atoms with van der Waals surface area (Å²) in [7, 11) is 1.73. The molecule has 0 radical (unpaired) electrons. The lowest BCUT2D eigenvalue weighted by atomic mass is 10.1. The molecule has 3 N–H and O–H groups in total. The number of rotatable bonds is 9. The van der Waals surface area contributed by atoms with E-state index >= 15 is 0 Å². The Hall–Kier alpha value is -2.84. The van der Waals surface area contributed by atoms with Crippen molar-refractivity contribution in [1.82, 2.24) is 16.0 Å². The van der Waals surface area contributed by atoms with Crippen LogP contribution in [0.1, 0.15) is 18.4 Å². The number of hydrogen-bond donors (Lipinski definition) is 3. The van der Waals surface area contributed by atoms with Crippen molar-refractivity contribution in [3.8, 4) is 0 Å². The van der Waals surface area contributed by atoms with Crippen LogP contribution in [0, 0.1) is 0 Å². The maximum atomic E-state index is 12.5. The molecule has 2 atom stereocenters. The van der Waals surface area contributed by atoms with Crippen LogP contribution >= 0.6 is 11.8 Å². The minimum Gasteiger partial charge on any atom is -0.356 e. The Bertz CT molecular complexity index is 879. The maximum absolute atomic E-state index is 12.5. The second kappa shape index (κ2) is 11.5. The number of nitrogens with zero attached hydrogens (tertiary/aromatic N) is 1. The van der Waals surface area contributed by atoms with Crippen LogP contribution in [-0.4, -0.2) is 48.6 Å². The second-order valence-corrected chi connectivity index (χ2v) is 8.50. The molecule has 0 bridgehead atoms. The first-order valence-electron chi connectivity index (χ1n) is 10.3. The lowest BCUT2D eigenvalue weighted by Gasteiger charge is -2.31. The Labute approximate surface area is 187 Å². The summed E-state index contributed by atoms with van der Waals surface area (Å²) in [4.78, 5) is 38.4. The smallest absolute Gasteiger partial charge is 0.236 e. The lowest BCUT2D eigenvalue weighted by Crippen LogP contribution is -2.56. The van der Waals surface area contributed by atoms with E-state index in [1.54, 1.807) is 11.9 Å². The van der Waals surface area contributed by atoms with Crippen LogP contribution in [0.25, 0.3) is 0 Å². The fourth-order valence-electron chi connectivity index (χ4n) is 3.30. The summed E-state index contributed by atoms with van der Waals surface area (Å²) in [6, 6.07) is 19.1. The predicted octanol–water partition coefficient (Wildman–Crippen LogP) is 1.89. The summed E-state index contributed by atoms with van der Waals surface area (Å²) in [6.45, 7) is 0.556. The van der Waals surface area contributed by atoms with Crippen LogP contribution in [-0.2, 0) is 20.8 Å². The average molecular weight is 441 g/mol. The van der Waals surface area contributed by atoms with Crippen molar-refractivity contribution in [3.05, 3.63) is 66.2 Å². The van der Waals surface area contributed by atoms with Crippen LogP contribution in [0.15, 0.2) is 60.7 Å². The molecule has 1 saturated heterocycles. The zero-order valence-corrected chi connectivity index (χ0v) is 18.4. The van der Waals surface area contributed by atoms with E-state index in [0.717, 1.165) is 12.1 Å². The van der Waals surface area contributed by atoms with Crippen molar-refractivity contribution in [2.24, 2.45) is 0 Å². The SMILES string of the molecule is CN(C(=O)CSC1NC(=O)CC(CC(=O)NCCc2ccccc2)N1)c1ccccc1. The molecular formula is C23H28N4O3S. The van der Waals surface area contributed by atoms with E-state index in [9.17, 15) is 14.4 Å². The summed E-state index contributed by atoms with van der Waals surface area (Å²) >= 11 is 1.31. The van der Waals surface area contributed by atoms with Crippen LogP contribution in [0.2, 0.25) is 0 Å². The van der Waals surface area contributed by atoms with Gasteiger partial charge in [0.1, 0.15) is 5.50 Å². The first-order valence-corrected chi connectivity index (χ1v) is 11.4. The number of carbonyl (C=O) groups is 3. The molecule has 0 aromatic heterocycles. The van der Waals surface area contributed by atoms with Crippen LogP contribution in [0.5, 0.6) is 0 Å². The van der Waals surface area contributed by atoms with E-state index in [1.165, 1.54) is 17.3 Å². The number of anilines is 1. The molecule has 164 valence electrons. The summed E-state index contributed by atoms with van der Waals surface area (Å²) in [6.07, 6.45) is 1.22. The Morgan fingerprint density at radius 2 is 1.77 bits per heavy atom. The Balaban J connectivity index is 1.41. The molecule has 3 rings (SSSR count). The fourth-order valence-corrected chi connectivity index (χ4v) is 4.30. The van der Waals surface area contributed by atoms with Gasteiger partial charge in [-0.05, 0) is 24.1 Å². The molecular weight excluding hydrogens is 412 g/mol. The van der Waals surface area contributed by atoms with Gasteiger partial charge in [0.15, 0.2) is 0 Å². The van der Waals surface area contributed by atoms with E-state index in [4.69, 9.17) is 0 Å². The highest BCUT2D eigenvalue weighted by Gasteiger charge is 2.28. The summed E-state index contributed by atoms with van der Waals surface area (Å²) in [5.41, 5.74) is 1.58. The largest absolute Gasteiger partial charge is 0.356 e. The zero-order valence-electron chi connectivity index (χ0n) is 17.5. The van der Waals surface area contributed by atoms with Crippen molar-refractivity contribution >= 4 is 35.2 Å². The van der Waals surface area contributed by atoms with Gasteiger partial charge in [0.25, 0.3) is 0 Å². The van der Waals surface area contributed by atoms with Gasteiger partial charge in [-0.3, -0.25) is 19.7 Å².